The lowest BCUT2D eigenvalue weighted by atomic mass is 10.2. The predicted molar refractivity (Wildman–Crippen MR) is 84.2 cm³/mol. The van der Waals surface area contributed by atoms with Gasteiger partial charge < -0.3 is 15.8 Å². The molecule has 2 aliphatic rings. The molecular formula is C13H16BrN3O4S. The Morgan fingerprint density at radius 1 is 1.45 bits per heavy atom. The highest BCUT2D eigenvalue weighted by atomic mass is 79.9. The van der Waals surface area contributed by atoms with Gasteiger partial charge in [0.2, 0.25) is 10.0 Å². The minimum Gasteiger partial charge on any atom is -0.482 e. The van der Waals surface area contributed by atoms with Crippen LogP contribution in [0.2, 0.25) is 0 Å². The van der Waals surface area contributed by atoms with Crippen LogP contribution in [0, 0.1) is 5.92 Å². The molecule has 1 saturated carbocycles. The van der Waals surface area contributed by atoms with E-state index in [2.05, 4.69) is 26.0 Å². The van der Waals surface area contributed by atoms with E-state index in [1.165, 1.54) is 12.1 Å². The molecule has 0 radical (unpaired) electrons. The molecule has 1 aliphatic carbocycles. The maximum absolute atomic E-state index is 12.6. The first kappa shape index (κ1) is 15.7. The van der Waals surface area contributed by atoms with E-state index in [1.807, 2.05) is 0 Å². The average molecular weight is 390 g/mol. The zero-order valence-corrected chi connectivity index (χ0v) is 14.0. The van der Waals surface area contributed by atoms with Crippen molar-refractivity contribution >= 4 is 37.5 Å². The minimum absolute atomic E-state index is 0.0708. The highest BCUT2D eigenvalue weighted by molar-refractivity contribution is 9.10. The van der Waals surface area contributed by atoms with Gasteiger partial charge in [-0.25, -0.2) is 13.1 Å². The number of benzene rings is 1. The zero-order chi connectivity index (χ0) is 15.9. The monoisotopic (exact) mass is 389 g/mol. The number of hydrogen-bond acceptors (Lipinski definition) is 5. The van der Waals surface area contributed by atoms with Gasteiger partial charge in [-0.3, -0.25) is 4.79 Å². The van der Waals surface area contributed by atoms with E-state index < -0.39 is 10.0 Å². The van der Waals surface area contributed by atoms with Crippen molar-refractivity contribution in [1.29, 1.82) is 0 Å². The lowest BCUT2D eigenvalue weighted by Gasteiger charge is -2.21. The Morgan fingerprint density at radius 2 is 2.18 bits per heavy atom. The van der Waals surface area contributed by atoms with E-state index in [0.717, 1.165) is 12.8 Å². The third-order valence-electron chi connectivity index (χ3n) is 3.71. The standard InChI is InChI=1S/C13H16BrN3O4S/c14-8-3-9-11(21-6-13(18)16-9)4-12(8)22(19,20)17-10(5-15)7-1-2-7/h3-4,7,10,17H,1-2,5-6,15H2,(H,16,18). The van der Waals surface area contributed by atoms with Gasteiger partial charge in [-0.1, -0.05) is 0 Å². The van der Waals surface area contributed by atoms with Gasteiger partial charge in [0.05, 0.1) is 5.69 Å². The van der Waals surface area contributed by atoms with Crippen LogP contribution in [0.1, 0.15) is 12.8 Å². The van der Waals surface area contributed by atoms with E-state index >= 15 is 0 Å². The maximum atomic E-state index is 12.6. The topological polar surface area (TPSA) is 111 Å². The van der Waals surface area contributed by atoms with Gasteiger partial charge in [0.1, 0.15) is 10.6 Å². The molecule has 0 saturated heterocycles. The normalized spacial score (nSPS) is 19.1. The number of anilines is 1. The number of carbonyl (C=O) groups is 1. The number of rotatable bonds is 5. The number of carbonyl (C=O) groups excluding carboxylic acids is 1. The molecule has 1 aromatic carbocycles. The van der Waals surface area contributed by atoms with Gasteiger partial charge in [0, 0.05) is 23.1 Å². The van der Waals surface area contributed by atoms with E-state index in [0.29, 0.717) is 21.8 Å². The second-order valence-electron chi connectivity index (χ2n) is 5.42. The van der Waals surface area contributed by atoms with Gasteiger partial charge in [0.25, 0.3) is 5.91 Å². The molecule has 120 valence electrons. The first-order chi connectivity index (χ1) is 10.4. The maximum Gasteiger partial charge on any atom is 0.262 e. The Bertz CT molecular complexity index is 718. The summed E-state index contributed by atoms with van der Waals surface area (Å²) in [5.41, 5.74) is 6.10. The van der Waals surface area contributed by atoms with Crippen LogP contribution in [-0.4, -0.2) is 33.5 Å². The molecule has 1 unspecified atom stereocenters. The van der Waals surface area contributed by atoms with Crippen LogP contribution in [0.15, 0.2) is 21.5 Å². The number of halogens is 1. The van der Waals surface area contributed by atoms with Crippen molar-refractivity contribution in [2.45, 2.75) is 23.8 Å². The molecule has 7 nitrogen and oxygen atoms in total. The Hall–Kier alpha value is -1.16. The molecular weight excluding hydrogens is 374 g/mol. The van der Waals surface area contributed by atoms with Crippen LogP contribution in [0.25, 0.3) is 0 Å². The van der Waals surface area contributed by atoms with Crippen LogP contribution in [0.4, 0.5) is 5.69 Å². The van der Waals surface area contributed by atoms with Gasteiger partial charge >= 0.3 is 0 Å². The summed E-state index contributed by atoms with van der Waals surface area (Å²) in [4.78, 5) is 11.4. The first-order valence-electron chi connectivity index (χ1n) is 6.89. The van der Waals surface area contributed by atoms with Crippen molar-refractivity contribution in [2.75, 3.05) is 18.5 Å². The Labute approximate surface area is 136 Å². The summed E-state index contributed by atoms with van der Waals surface area (Å²) in [7, 11) is -3.72. The van der Waals surface area contributed by atoms with E-state index in [-0.39, 0.29) is 30.0 Å². The third kappa shape index (κ3) is 3.12. The fourth-order valence-corrected chi connectivity index (χ4v) is 4.76. The molecule has 0 bridgehead atoms. The van der Waals surface area contributed by atoms with Crippen LogP contribution in [0.3, 0.4) is 0 Å². The first-order valence-corrected chi connectivity index (χ1v) is 9.17. The van der Waals surface area contributed by atoms with E-state index in [9.17, 15) is 13.2 Å². The lowest BCUT2D eigenvalue weighted by Crippen LogP contribution is -2.41. The minimum atomic E-state index is -3.72. The number of ether oxygens (including phenoxy) is 1. The molecule has 9 heteroatoms. The molecule has 1 amide bonds. The van der Waals surface area contributed by atoms with Crippen molar-refractivity contribution in [3.8, 4) is 5.75 Å². The fraction of sp³-hybridized carbons (Fsp3) is 0.462. The molecule has 4 N–H and O–H groups in total. The molecule has 1 aliphatic heterocycles. The van der Waals surface area contributed by atoms with Gasteiger partial charge in [-0.2, -0.15) is 0 Å². The molecule has 1 fully saturated rings. The Balaban J connectivity index is 1.91. The number of sulfonamides is 1. The summed E-state index contributed by atoms with van der Waals surface area (Å²) >= 11 is 3.24. The smallest absolute Gasteiger partial charge is 0.262 e. The number of nitrogens with two attached hydrogens (primary N) is 1. The van der Waals surface area contributed by atoms with Crippen molar-refractivity contribution in [3.05, 3.63) is 16.6 Å². The Kier molecular flexibility index (Phi) is 4.15. The van der Waals surface area contributed by atoms with Crippen molar-refractivity contribution in [1.82, 2.24) is 4.72 Å². The molecule has 22 heavy (non-hydrogen) atoms. The second-order valence-corrected chi connectivity index (χ2v) is 7.95. The highest BCUT2D eigenvalue weighted by Crippen LogP contribution is 2.37. The number of fused-ring (bicyclic) bond motifs is 1. The largest absolute Gasteiger partial charge is 0.482 e. The fourth-order valence-electron chi connectivity index (χ4n) is 2.39. The molecule has 0 aromatic heterocycles. The van der Waals surface area contributed by atoms with E-state index in [4.69, 9.17) is 10.5 Å². The van der Waals surface area contributed by atoms with Crippen LogP contribution >= 0.6 is 15.9 Å². The van der Waals surface area contributed by atoms with Crippen molar-refractivity contribution in [2.24, 2.45) is 11.7 Å². The van der Waals surface area contributed by atoms with Gasteiger partial charge in [0.15, 0.2) is 6.61 Å². The third-order valence-corrected chi connectivity index (χ3v) is 6.16. The molecule has 0 spiro atoms. The molecule has 1 heterocycles. The van der Waals surface area contributed by atoms with Gasteiger partial charge in [-0.15, -0.1) is 0 Å². The SMILES string of the molecule is NCC(NS(=O)(=O)c1cc2c(cc1Br)NC(=O)CO2)C1CC1. The summed E-state index contributed by atoms with van der Waals surface area (Å²) < 4.78 is 33.4. The Morgan fingerprint density at radius 3 is 2.82 bits per heavy atom. The van der Waals surface area contributed by atoms with Crippen LogP contribution in [0.5, 0.6) is 5.75 Å². The number of nitrogens with one attached hydrogen (secondary N) is 2. The van der Waals surface area contributed by atoms with Crippen LogP contribution < -0.4 is 20.5 Å². The molecule has 1 atom stereocenters. The second kappa shape index (κ2) is 5.80. The molecule has 3 rings (SSSR count). The number of hydrogen-bond donors (Lipinski definition) is 3. The number of amides is 1. The zero-order valence-electron chi connectivity index (χ0n) is 11.6. The van der Waals surface area contributed by atoms with Crippen molar-refractivity contribution < 1.29 is 17.9 Å². The summed E-state index contributed by atoms with van der Waals surface area (Å²) in [6.07, 6.45) is 1.98. The summed E-state index contributed by atoms with van der Waals surface area (Å²) in [6.45, 7) is 0.133. The highest BCUT2D eigenvalue weighted by Gasteiger charge is 2.34. The van der Waals surface area contributed by atoms with Crippen LogP contribution in [-0.2, 0) is 14.8 Å². The van der Waals surface area contributed by atoms with Crippen molar-refractivity contribution in [3.63, 3.8) is 0 Å². The quantitative estimate of drug-likeness (QED) is 0.689. The summed E-state index contributed by atoms with van der Waals surface area (Å²) in [5.74, 6) is 0.371. The predicted octanol–water partition coefficient (Wildman–Crippen LogP) is 0.796. The summed E-state index contributed by atoms with van der Waals surface area (Å²) in [5, 5.41) is 2.63. The summed E-state index contributed by atoms with van der Waals surface area (Å²) in [6, 6.07) is 2.67. The van der Waals surface area contributed by atoms with E-state index in [1.54, 1.807) is 0 Å². The lowest BCUT2D eigenvalue weighted by molar-refractivity contribution is -0.118. The van der Waals surface area contributed by atoms with Gasteiger partial charge in [-0.05, 0) is 40.8 Å². The average Bonchev–Trinajstić information content (AvgIpc) is 3.28. The molecule has 1 aromatic rings.